The zero-order chi connectivity index (χ0) is 16.3. The smallest absolute Gasteiger partial charge is 0.329 e. The Bertz CT molecular complexity index is 623. The van der Waals surface area contributed by atoms with E-state index in [1.165, 1.54) is 13.0 Å². The average Bonchev–Trinajstić information content (AvgIpc) is 2.88. The van der Waals surface area contributed by atoms with Gasteiger partial charge in [-0.15, -0.1) is 0 Å². The molecule has 0 aliphatic carbocycles. The van der Waals surface area contributed by atoms with E-state index in [0.717, 1.165) is 12.1 Å². The number of rotatable bonds is 4. The Morgan fingerprint density at radius 1 is 1.50 bits per heavy atom. The van der Waals surface area contributed by atoms with Gasteiger partial charge in [-0.05, 0) is 31.5 Å². The van der Waals surface area contributed by atoms with Crippen molar-refractivity contribution in [3.8, 4) is 0 Å². The molecule has 1 aromatic carbocycles. The third kappa shape index (κ3) is 3.94. The van der Waals surface area contributed by atoms with Crippen molar-refractivity contribution >= 4 is 35.1 Å². The zero-order valence-corrected chi connectivity index (χ0v) is 12.4. The van der Waals surface area contributed by atoms with E-state index in [-0.39, 0.29) is 23.0 Å². The molecule has 2 N–H and O–H groups in total. The molecule has 0 bridgehead atoms. The molecule has 6 nitrogen and oxygen atoms in total. The number of carbonyl (C=O) groups is 3. The highest BCUT2D eigenvalue weighted by Gasteiger charge is 2.30. The van der Waals surface area contributed by atoms with Gasteiger partial charge in [0.2, 0.25) is 5.91 Å². The molecule has 0 aromatic heterocycles. The van der Waals surface area contributed by atoms with Crippen LogP contribution in [-0.4, -0.2) is 29.9 Å². The number of anilines is 1. The minimum Gasteiger partial charge on any atom is -0.451 e. The topological polar surface area (TPSA) is 84.5 Å². The summed E-state index contributed by atoms with van der Waals surface area (Å²) < 4.78 is 17.9. The molecular formula is C14H14ClFN2O4. The molecule has 2 rings (SSSR count). The number of nitrogens with one attached hydrogen (secondary N) is 2. The second-order valence-corrected chi connectivity index (χ2v) is 5.26. The first kappa shape index (κ1) is 16.2. The summed E-state index contributed by atoms with van der Waals surface area (Å²) in [5.41, 5.74) is 0.213. The highest BCUT2D eigenvalue weighted by Crippen LogP contribution is 2.22. The Kier molecular flexibility index (Phi) is 4.97. The first-order valence-corrected chi connectivity index (χ1v) is 7.00. The molecule has 1 aliphatic rings. The molecule has 0 saturated carbocycles. The van der Waals surface area contributed by atoms with Crippen molar-refractivity contribution in [3.63, 3.8) is 0 Å². The van der Waals surface area contributed by atoms with Crippen molar-refractivity contribution in [2.24, 2.45) is 0 Å². The summed E-state index contributed by atoms with van der Waals surface area (Å²) >= 11 is 5.79. The molecule has 1 aromatic rings. The first-order valence-electron chi connectivity index (χ1n) is 6.62. The van der Waals surface area contributed by atoms with Crippen LogP contribution in [0.15, 0.2) is 18.2 Å². The van der Waals surface area contributed by atoms with E-state index in [4.69, 9.17) is 16.3 Å². The van der Waals surface area contributed by atoms with E-state index in [2.05, 4.69) is 10.6 Å². The van der Waals surface area contributed by atoms with E-state index < -0.39 is 29.8 Å². The lowest BCUT2D eigenvalue weighted by atomic mass is 10.2. The van der Waals surface area contributed by atoms with Gasteiger partial charge in [0.1, 0.15) is 11.9 Å². The molecule has 0 radical (unpaired) electrons. The van der Waals surface area contributed by atoms with Crippen LogP contribution in [0.4, 0.5) is 10.1 Å². The van der Waals surface area contributed by atoms with Crippen LogP contribution >= 0.6 is 11.6 Å². The molecule has 2 amide bonds. The number of ether oxygens (including phenoxy) is 1. The molecule has 2 atom stereocenters. The molecular weight excluding hydrogens is 315 g/mol. The predicted octanol–water partition coefficient (Wildman–Crippen LogP) is 1.63. The SMILES string of the molecule is C[C@H](OC(=O)[C@@H]1CCC(=O)N1)C(=O)Nc1ccc(F)cc1Cl. The second kappa shape index (κ2) is 6.74. The van der Waals surface area contributed by atoms with Gasteiger partial charge in [-0.1, -0.05) is 11.6 Å². The quantitative estimate of drug-likeness (QED) is 0.823. The maximum atomic E-state index is 12.9. The van der Waals surface area contributed by atoms with Gasteiger partial charge in [0.05, 0.1) is 10.7 Å². The molecule has 118 valence electrons. The minimum absolute atomic E-state index is 0.0370. The summed E-state index contributed by atoms with van der Waals surface area (Å²) in [6.45, 7) is 1.39. The molecule has 1 fully saturated rings. The Hall–Kier alpha value is -2.15. The molecule has 0 unspecified atom stereocenters. The van der Waals surface area contributed by atoms with Gasteiger partial charge in [0, 0.05) is 6.42 Å². The summed E-state index contributed by atoms with van der Waals surface area (Å²) in [7, 11) is 0. The lowest BCUT2D eigenvalue weighted by Crippen LogP contribution is -2.39. The van der Waals surface area contributed by atoms with Gasteiger partial charge >= 0.3 is 5.97 Å². The number of hydrogen-bond donors (Lipinski definition) is 2. The summed E-state index contributed by atoms with van der Waals surface area (Å²) in [5, 5.41) is 4.93. The molecule has 1 heterocycles. The van der Waals surface area contributed by atoms with Crippen molar-refractivity contribution in [2.75, 3.05) is 5.32 Å². The normalized spacial score (nSPS) is 18.5. The number of hydrogen-bond acceptors (Lipinski definition) is 4. The summed E-state index contributed by atoms with van der Waals surface area (Å²) in [5.74, 6) is -2.03. The van der Waals surface area contributed by atoms with E-state index in [0.29, 0.717) is 6.42 Å². The Morgan fingerprint density at radius 3 is 2.82 bits per heavy atom. The van der Waals surface area contributed by atoms with E-state index >= 15 is 0 Å². The Labute approximate surface area is 131 Å². The van der Waals surface area contributed by atoms with Gasteiger partial charge in [-0.25, -0.2) is 9.18 Å². The van der Waals surface area contributed by atoms with Gasteiger partial charge in [0.25, 0.3) is 5.91 Å². The fourth-order valence-corrected chi connectivity index (χ4v) is 2.14. The fourth-order valence-electron chi connectivity index (χ4n) is 1.93. The first-order chi connectivity index (χ1) is 10.4. The van der Waals surface area contributed by atoms with E-state index in [9.17, 15) is 18.8 Å². The van der Waals surface area contributed by atoms with Crippen LogP contribution in [0, 0.1) is 5.82 Å². The summed E-state index contributed by atoms with van der Waals surface area (Å²) in [4.78, 5) is 34.8. The minimum atomic E-state index is -1.08. The fraction of sp³-hybridized carbons (Fsp3) is 0.357. The van der Waals surface area contributed by atoms with Gasteiger partial charge in [0.15, 0.2) is 6.10 Å². The van der Waals surface area contributed by atoms with Crippen molar-refractivity contribution in [2.45, 2.75) is 31.9 Å². The maximum absolute atomic E-state index is 12.9. The van der Waals surface area contributed by atoms with Gasteiger partial charge in [-0.3, -0.25) is 9.59 Å². The number of carbonyl (C=O) groups excluding carboxylic acids is 3. The standard InChI is InChI=1S/C14H14ClFN2O4/c1-7(22-14(21)11-4-5-12(19)17-11)13(20)18-10-3-2-8(16)6-9(10)15/h2-3,6-7,11H,4-5H2,1H3,(H,17,19)(H,18,20)/t7-,11-/m0/s1. The zero-order valence-electron chi connectivity index (χ0n) is 11.7. The van der Waals surface area contributed by atoms with Crippen molar-refractivity contribution < 1.29 is 23.5 Å². The highest BCUT2D eigenvalue weighted by molar-refractivity contribution is 6.33. The van der Waals surface area contributed by atoms with Crippen LogP contribution in [0.3, 0.4) is 0 Å². The van der Waals surface area contributed by atoms with Crippen LogP contribution in [-0.2, 0) is 19.1 Å². The molecule has 22 heavy (non-hydrogen) atoms. The third-order valence-corrected chi connectivity index (χ3v) is 3.44. The summed E-state index contributed by atoms with van der Waals surface area (Å²) in [6.07, 6.45) is -0.479. The third-order valence-electron chi connectivity index (χ3n) is 3.13. The molecule has 1 aliphatic heterocycles. The van der Waals surface area contributed by atoms with Crippen molar-refractivity contribution in [1.29, 1.82) is 0 Å². The van der Waals surface area contributed by atoms with Crippen LogP contribution in [0.2, 0.25) is 5.02 Å². The van der Waals surface area contributed by atoms with Gasteiger partial charge < -0.3 is 15.4 Å². The average molecular weight is 329 g/mol. The summed E-state index contributed by atoms with van der Waals surface area (Å²) in [6, 6.07) is 2.78. The lowest BCUT2D eigenvalue weighted by molar-refractivity contribution is -0.155. The highest BCUT2D eigenvalue weighted by atomic mass is 35.5. The maximum Gasteiger partial charge on any atom is 0.329 e. The van der Waals surface area contributed by atoms with Gasteiger partial charge in [-0.2, -0.15) is 0 Å². The van der Waals surface area contributed by atoms with Crippen LogP contribution in [0.1, 0.15) is 19.8 Å². The van der Waals surface area contributed by atoms with E-state index in [1.54, 1.807) is 0 Å². The van der Waals surface area contributed by atoms with Crippen LogP contribution in [0.25, 0.3) is 0 Å². The van der Waals surface area contributed by atoms with Crippen LogP contribution < -0.4 is 10.6 Å². The van der Waals surface area contributed by atoms with Crippen molar-refractivity contribution in [1.82, 2.24) is 5.32 Å². The Balaban J connectivity index is 1.91. The molecule has 1 saturated heterocycles. The van der Waals surface area contributed by atoms with E-state index in [1.807, 2.05) is 0 Å². The number of halogens is 2. The molecule has 8 heteroatoms. The lowest BCUT2D eigenvalue weighted by Gasteiger charge is -2.16. The predicted molar refractivity (Wildman–Crippen MR) is 76.8 cm³/mol. The Morgan fingerprint density at radius 2 is 2.23 bits per heavy atom. The number of amides is 2. The second-order valence-electron chi connectivity index (χ2n) is 4.85. The number of esters is 1. The number of benzene rings is 1. The monoisotopic (exact) mass is 328 g/mol. The molecule has 0 spiro atoms. The van der Waals surface area contributed by atoms with Crippen molar-refractivity contribution in [3.05, 3.63) is 29.0 Å². The van der Waals surface area contributed by atoms with Crippen LogP contribution in [0.5, 0.6) is 0 Å². The largest absolute Gasteiger partial charge is 0.451 e.